The van der Waals surface area contributed by atoms with Gasteiger partial charge in [-0.1, -0.05) is 41.9 Å². The van der Waals surface area contributed by atoms with Crippen molar-refractivity contribution in [1.29, 1.82) is 0 Å². The van der Waals surface area contributed by atoms with Gasteiger partial charge in [0.15, 0.2) is 5.96 Å². The van der Waals surface area contributed by atoms with Gasteiger partial charge in [-0.2, -0.15) is 0 Å². The summed E-state index contributed by atoms with van der Waals surface area (Å²) >= 11 is 6.19. The number of aliphatic imine (C=N–C) groups is 1. The number of rotatable bonds is 7. The van der Waals surface area contributed by atoms with Gasteiger partial charge in [-0.05, 0) is 42.7 Å². The second-order valence-corrected chi connectivity index (χ2v) is 6.77. The minimum absolute atomic E-state index is 0. The molecule has 0 saturated heterocycles. The summed E-state index contributed by atoms with van der Waals surface area (Å²) in [5, 5.41) is 7.29. The van der Waals surface area contributed by atoms with Gasteiger partial charge in [0.05, 0.1) is 6.54 Å². The third kappa shape index (κ3) is 7.67. The van der Waals surface area contributed by atoms with Crippen molar-refractivity contribution in [2.45, 2.75) is 19.9 Å². The Morgan fingerprint density at radius 3 is 2.54 bits per heavy atom. The molecular formula is C21H28ClIN4O. The van der Waals surface area contributed by atoms with Crippen LogP contribution in [0, 0.1) is 0 Å². The summed E-state index contributed by atoms with van der Waals surface area (Å²) in [6.07, 6.45) is 0.797. The SMILES string of the molecule is CCNC(=NCc1ccccc1Cl)NCCc1cccc(C(=O)N(C)C)c1.I. The lowest BCUT2D eigenvalue weighted by Gasteiger charge is -2.13. The van der Waals surface area contributed by atoms with Crippen LogP contribution >= 0.6 is 35.6 Å². The number of halogens is 2. The summed E-state index contributed by atoms with van der Waals surface area (Å²) in [5.74, 6) is 0.761. The van der Waals surface area contributed by atoms with E-state index in [1.165, 1.54) is 0 Å². The highest BCUT2D eigenvalue weighted by Crippen LogP contribution is 2.15. The van der Waals surface area contributed by atoms with Crippen LogP contribution in [0.5, 0.6) is 0 Å². The highest BCUT2D eigenvalue weighted by molar-refractivity contribution is 14.0. The standard InChI is InChI=1S/C21H27ClN4O.HI/c1-4-23-21(25-15-18-9-5-6-11-19(18)22)24-13-12-16-8-7-10-17(14-16)20(27)26(2)3;/h5-11,14H,4,12-13,15H2,1-3H3,(H2,23,24,25);1H. The first-order valence-electron chi connectivity index (χ1n) is 9.07. The van der Waals surface area contributed by atoms with Crippen LogP contribution in [-0.2, 0) is 13.0 Å². The van der Waals surface area contributed by atoms with Crippen molar-refractivity contribution >= 4 is 47.4 Å². The first-order valence-corrected chi connectivity index (χ1v) is 9.45. The number of nitrogens with zero attached hydrogens (tertiary/aromatic N) is 2. The van der Waals surface area contributed by atoms with Crippen LogP contribution in [-0.4, -0.2) is 44.0 Å². The lowest BCUT2D eigenvalue weighted by atomic mass is 10.1. The van der Waals surface area contributed by atoms with Crippen molar-refractivity contribution in [3.63, 3.8) is 0 Å². The fraction of sp³-hybridized carbons (Fsp3) is 0.333. The Kier molecular flexibility index (Phi) is 10.9. The number of hydrogen-bond donors (Lipinski definition) is 2. The van der Waals surface area contributed by atoms with Gasteiger partial charge >= 0.3 is 0 Å². The highest BCUT2D eigenvalue weighted by atomic mass is 127. The van der Waals surface area contributed by atoms with Crippen LogP contribution in [0.2, 0.25) is 5.02 Å². The van der Waals surface area contributed by atoms with E-state index in [0.29, 0.717) is 18.7 Å². The van der Waals surface area contributed by atoms with E-state index in [1.54, 1.807) is 19.0 Å². The third-order valence-electron chi connectivity index (χ3n) is 4.00. The van der Waals surface area contributed by atoms with Crippen molar-refractivity contribution in [3.05, 3.63) is 70.2 Å². The van der Waals surface area contributed by atoms with E-state index >= 15 is 0 Å². The average Bonchev–Trinajstić information content (AvgIpc) is 2.66. The molecule has 2 N–H and O–H groups in total. The monoisotopic (exact) mass is 514 g/mol. The van der Waals surface area contributed by atoms with Crippen molar-refractivity contribution in [3.8, 4) is 0 Å². The van der Waals surface area contributed by atoms with Gasteiger partial charge in [-0.25, -0.2) is 4.99 Å². The van der Waals surface area contributed by atoms with E-state index in [1.807, 2.05) is 55.5 Å². The van der Waals surface area contributed by atoms with Gasteiger partial charge in [-0.15, -0.1) is 24.0 Å². The number of guanidine groups is 1. The Morgan fingerprint density at radius 2 is 1.86 bits per heavy atom. The van der Waals surface area contributed by atoms with Crippen LogP contribution in [0.25, 0.3) is 0 Å². The summed E-state index contributed by atoms with van der Waals surface area (Å²) in [6, 6.07) is 15.4. The molecule has 0 radical (unpaired) electrons. The maximum Gasteiger partial charge on any atom is 0.253 e. The summed E-state index contributed by atoms with van der Waals surface area (Å²) in [5.41, 5.74) is 2.81. The number of carbonyl (C=O) groups is 1. The van der Waals surface area contributed by atoms with E-state index in [4.69, 9.17) is 11.6 Å². The molecule has 0 aliphatic carbocycles. The van der Waals surface area contributed by atoms with E-state index in [0.717, 1.165) is 35.1 Å². The summed E-state index contributed by atoms with van der Waals surface area (Å²) in [6.45, 7) is 4.04. The fourth-order valence-electron chi connectivity index (χ4n) is 2.58. The first-order chi connectivity index (χ1) is 13.0. The van der Waals surface area contributed by atoms with E-state index in [9.17, 15) is 4.79 Å². The summed E-state index contributed by atoms with van der Waals surface area (Å²) in [4.78, 5) is 18.3. The summed E-state index contributed by atoms with van der Waals surface area (Å²) in [7, 11) is 3.52. The van der Waals surface area contributed by atoms with E-state index in [-0.39, 0.29) is 29.9 Å². The molecule has 28 heavy (non-hydrogen) atoms. The largest absolute Gasteiger partial charge is 0.357 e. The van der Waals surface area contributed by atoms with Crippen LogP contribution in [0.15, 0.2) is 53.5 Å². The quantitative estimate of drug-likeness (QED) is 0.334. The van der Waals surface area contributed by atoms with Crippen LogP contribution in [0.3, 0.4) is 0 Å². The Balaban J connectivity index is 0.00000392. The molecule has 152 valence electrons. The molecule has 0 atom stereocenters. The number of carbonyl (C=O) groups excluding carboxylic acids is 1. The maximum atomic E-state index is 12.1. The Hall–Kier alpha value is -1.80. The zero-order chi connectivity index (χ0) is 19.6. The molecule has 0 unspecified atom stereocenters. The number of amides is 1. The maximum absolute atomic E-state index is 12.1. The van der Waals surface area contributed by atoms with E-state index < -0.39 is 0 Å². The predicted molar refractivity (Wildman–Crippen MR) is 128 cm³/mol. The van der Waals surface area contributed by atoms with Crippen molar-refractivity contribution in [1.82, 2.24) is 15.5 Å². The molecule has 0 heterocycles. The smallest absolute Gasteiger partial charge is 0.253 e. The Bertz CT molecular complexity index is 795. The zero-order valence-corrected chi connectivity index (χ0v) is 19.6. The second-order valence-electron chi connectivity index (χ2n) is 6.36. The van der Waals surface area contributed by atoms with Crippen molar-refractivity contribution in [2.75, 3.05) is 27.2 Å². The fourth-order valence-corrected chi connectivity index (χ4v) is 2.77. The van der Waals surface area contributed by atoms with Crippen LogP contribution < -0.4 is 10.6 Å². The van der Waals surface area contributed by atoms with E-state index in [2.05, 4.69) is 15.6 Å². The first kappa shape index (κ1) is 24.2. The zero-order valence-electron chi connectivity index (χ0n) is 16.5. The van der Waals surface area contributed by atoms with Gasteiger partial charge in [-0.3, -0.25) is 4.79 Å². The van der Waals surface area contributed by atoms with Crippen molar-refractivity contribution in [2.24, 2.45) is 4.99 Å². The molecular weight excluding hydrogens is 487 g/mol. The average molecular weight is 515 g/mol. The molecule has 2 rings (SSSR count). The topological polar surface area (TPSA) is 56.7 Å². The second kappa shape index (κ2) is 12.6. The Morgan fingerprint density at radius 1 is 1.11 bits per heavy atom. The van der Waals surface area contributed by atoms with Gasteiger partial charge in [0.25, 0.3) is 5.91 Å². The molecule has 0 aliphatic heterocycles. The predicted octanol–water partition coefficient (Wildman–Crippen LogP) is 3.96. The number of benzene rings is 2. The van der Waals surface area contributed by atoms with Gasteiger partial charge in [0, 0.05) is 37.8 Å². The molecule has 0 fully saturated rings. The molecule has 0 saturated carbocycles. The lowest BCUT2D eigenvalue weighted by Crippen LogP contribution is -2.38. The van der Waals surface area contributed by atoms with Crippen LogP contribution in [0.4, 0.5) is 0 Å². The molecule has 0 aromatic heterocycles. The van der Waals surface area contributed by atoms with Gasteiger partial charge in [0.1, 0.15) is 0 Å². The van der Waals surface area contributed by atoms with Crippen molar-refractivity contribution < 1.29 is 4.79 Å². The normalized spacial score (nSPS) is 10.8. The molecule has 0 spiro atoms. The molecule has 7 heteroatoms. The molecule has 2 aromatic rings. The lowest BCUT2D eigenvalue weighted by molar-refractivity contribution is 0.0827. The molecule has 0 aliphatic rings. The minimum Gasteiger partial charge on any atom is -0.357 e. The minimum atomic E-state index is 0. The van der Waals surface area contributed by atoms with Gasteiger partial charge in [0.2, 0.25) is 0 Å². The van der Waals surface area contributed by atoms with Gasteiger partial charge < -0.3 is 15.5 Å². The molecule has 2 aromatic carbocycles. The molecule has 5 nitrogen and oxygen atoms in total. The Labute approximate surface area is 189 Å². The molecule has 0 bridgehead atoms. The van der Waals surface area contributed by atoms with Crippen LogP contribution in [0.1, 0.15) is 28.4 Å². The number of hydrogen-bond acceptors (Lipinski definition) is 2. The third-order valence-corrected chi connectivity index (χ3v) is 4.36. The summed E-state index contributed by atoms with van der Waals surface area (Å²) < 4.78 is 0. The highest BCUT2D eigenvalue weighted by Gasteiger charge is 2.08. The molecule has 1 amide bonds. The number of nitrogens with one attached hydrogen (secondary N) is 2.